The minimum absolute atomic E-state index is 0.0400. The van der Waals surface area contributed by atoms with Crippen molar-refractivity contribution in [3.8, 4) is 16.9 Å². The molecule has 3 atom stereocenters. The molecule has 2 aromatic carbocycles. The molecule has 3 unspecified atom stereocenters. The van der Waals surface area contributed by atoms with E-state index in [1.165, 1.54) is 0 Å². The first kappa shape index (κ1) is 16.5. The van der Waals surface area contributed by atoms with Crippen molar-refractivity contribution >= 4 is 5.97 Å². The monoisotopic (exact) mass is 325 g/mol. The van der Waals surface area contributed by atoms with Gasteiger partial charge in [0.1, 0.15) is 11.8 Å². The highest BCUT2D eigenvalue weighted by molar-refractivity contribution is 5.74. The summed E-state index contributed by atoms with van der Waals surface area (Å²) in [4.78, 5) is 11.4. The normalized spacial score (nSPS) is 23.7. The number of piperidine rings is 1. The molecule has 126 valence electrons. The quantitative estimate of drug-likeness (QED) is 0.896. The Morgan fingerprint density at radius 3 is 2.50 bits per heavy atom. The number of hydrogen-bond donors (Lipinski definition) is 2. The van der Waals surface area contributed by atoms with Gasteiger partial charge < -0.3 is 9.84 Å². The maximum atomic E-state index is 11.4. The summed E-state index contributed by atoms with van der Waals surface area (Å²) in [5.41, 5.74) is 3.40. The number of nitrogens with one attached hydrogen (secondary N) is 1. The summed E-state index contributed by atoms with van der Waals surface area (Å²) in [6.45, 7) is 2.18. The number of carbonyl (C=O) groups is 1. The summed E-state index contributed by atoms with van der Waals surface area (Å²) in [5, 5.41) is 12.7. The zero-order chi connectivity index (χ0) is 17.1. The van der Waals surface area contributed by atoms with Crippen LogP contribution >= 0.6 is 0 Å². The third-order valence-corrected chi connectivity index (χ3v) is 4.86. The van der Waals surface area contributed by atoms with E-state index in [0.29, 0.717) is 12.3 Å². The van der Waals surface area contributed by atoms with Gasteiger partial charge in [-0.1, -0.05) is 43.3 Å². The number of benzene rings is 2. The second kappa shape index (κ2) is 7.05. The van der Waals surface area contributed by atoms with E-state index >= 15 is 0 Å². The molecule has 1 aliphatic heterocycles. The van der Waals surface area contributed by atoms with Gasteiger partial charge in [0.25, 0.3) is 0 Å². The van der Waals surface area contributed by atoms with Crippen molar-refractivity contribution in [1.29, 1.82) is 0 Å². The maximum absolute atomic E-state index is 11.4. The second-order valence-corrected chi connectivity index (χ2v) is 6.41. The fourth-order valence-corrected chi connectivity index (χ4v) is 3.45. The van der Waals surface area contributed by atoms with E-state index in [-0.39, 0.29) is 6.04 Å². The molecule has 0 spiro atoms. The molecular formula is C20H23NO3. The average molecular weight is 325 g/mol. The highest BCUT2D eigenvalue weighted by Gasteiger charge is 2.32. The smallest absolute Gasteiger partial charge is 0.320 e. The van der Waals surface area contributed by atoms with Crippen LogP contribution in [-0.4, -0.2) is 24.2 Å². The van der Waals surface area contributed by atoms with Crippen LogP contribution in [-0.2, 0) is 4.79 Å². The molecule has 0 aromatic heterocycles. The van der Waals surface area contributed by atoms with Crippen molar-refractivity contribution in [2.45, 2.75) is 31.8 Å². The summed E-state index contributed by atoms with van der Waals surface area (Å²) in [6, 6.07) is 15.8. The summed E-state index contributed by atoms with van der Waals surface area (Å²) in [7, 11) is 1.66. The number of hydrogen-bond acceptors (Lipinski definition) is 3. The molecule has 0 amide bonds. The molecule has 2 aromatic rings. The number of rotatable bonds is 4. The molecule has 2 N–H and O–H groups in total. The van der Waals surface area contributed by atoms with Crippen LogP contribution in [0.15, 0.2) is 48.5 Å². The summed E-state index contributed by atoms with van der Waals surface area (Å²) in [5.74, 6) is 0.445. The van der Waals surface area contributed by atoms with Crippen LogP contribution in [0.25, 0.3) is 11.1 Å². The van der Waals surface area contributed by atoms with Gasteiger partial charge in [-0.25, -0.2) is 0 Å². The van der Waals surface area contributed by atoms with Crippen LogP contribution in [0.2, 0.25) is 0 Å². The van der Waals surface area contributed by atoms with Gasteiger partial charge in [0.2, 0.25) is 0 Å². The lowest BCUT2D eigenvalue weighted by Crippen LogP contribution is -2.45. The molecule has 1 fully saturated rings. The van der Waals surface area contributed by atoms with Gasteiger partial charge >= 0.3 is 5.97 Å². The molecule has 1 aliphatic rings. The summed E-state index contributed by atoms with van der Waals surface area (Å²) >= 11 is 0. The van der Waals surface area contributed by atoms with Crippen LogP contribution in [0.1, 0.15) is 31.4 Å². The third kappa shape index (κ3) is 3.29. The first-order valence-electron chi connectivity index (χ1n) is 8.32. The first-order chi connectivity index (χ1) is 11.6. The minimum atomic E-state index is -0.770. The second-order valence-electron chi connectivity index (χ2n) is 6.41. The maximum Gasteiger partial charge on any atom is 0.320 e. The zero-order valence-corrected chi connectivity index (χ0v) is 14.0. The van der Waals surface area contributed by atoms with Crippen LogP contribution in [0.4, 0.5) is 0 Å². The molecule has 24 heavy (non-hydrogen) atoms. The Morgan fingerprint density at radius 1 is 1.12 bits per heavy atom. The summed E-state index contributed by atoms with van der Waals surface area (Å²) in [6.07, 6.45) is 1.59. The number of methoxy groups -OCH3 is 1. The van der Waals surface area contributed by atoms with Gasteiger partial charge in [0.15, 0.2) is 0 Å². The van der Waals surface area contributed by atoms with Crippen LogP contribution < -0.4 is 10.1 Å². The molecule has 0 radical (unpaired) electrons. The van der Waals surface area contributed by atoms with E-state index in [2.05, 4.69) is 24.4 Å². The van der Waals surface area contributed by atoms with Gasteiger partial charge in [-0.15, -0.1) is 0 Å². The Labute approximate surface area is 142 Å². The average Bonchev–Trinajstić information content (AvgIpc) is 2.62. The lowest BCUT2D eigenvalue weighted by molar-refractivity contribution is -0.140. The molecule has 1 heterocycles. The van der Waals surface area contributed by atoms with Crippen molar-refractivity contribution in [2.75, 3.05) is 7.11 Å². The number of ether oxygens (including phenoxy) is 1. The Balaban J connectivity index is 1.97. The minimum Gasteiger partial charge on any atom is -0.497 e. The molecule has 0 aliphatic carbocycles. The Hall–Kier alpha value is -2.33. The molecule has 3 rings (SSSR count). The van der Waals surface area contributed by atoms with E-state index in [4.69, 9.17) is 4.74 Å². The molecule has 4 nitrogen and oxygen atoms in total. The van der Waals surface area contributed by atoms with Crippen LogP contribution in [0, 0.1) is 5.92 Å². The van der Waals surface area contributed by atoms with E-state index in [1.807, 2.05) is 36.4 Å². The first-order valence-corrected chi connectivity index (χ1v) is 8.32. The lowest BCUT2D eigenvalue weighted by atomic mass is 9.82. The van der Waals surface area contributed by atoms with Gasteiger partial charge in [0, 0.05) is 6.04 Å². The van der Waals surface area contributed by atoms with E-state index < -0.39 is 12.0 Å². The number of carboxylic acid groups (broad SMARTS) is 1. The van der Waals surface area contributed by atoms with Crippen molar-refractivity contribution < 1.29 is 14.6 Å². The fourth-order valence-electron chi connectivity index (χ4n) is 3.45. The molecule has 4 heteroatoms. The SMILES string of the molecule is COc1ccc(-c2ccccc2C2NC(C(=O)O)CCC2C)cc1. The van der Waals surface area contributed by atoms with Crippen molar-refractivity contribution in [3.05, 3.63) is 54.1 Å². The zero-order valence-electron chi connectivity index (χ0n) is 14.0. The van der Waals surface area contributed by atoms with E-state index in [1.54, 1.807) is 7.11 Å². The lowest BCUT2D eigenvalue weighted by Gasteiger charge is -2.35. The molecule has 0 bridgehead atoms. The van der Waals surface area contributed by atoms with Gasteiger partial charge in [-0.05, 0) is 47.6 Å². The standard InChI is InChI=1S/C20H23NO3/c1-13-7-12-18(20(22)23)21-19(13)17-6-4-3-5-16(17)14-8-10-15(24-2)11-9-14/h3-6,8-11,13,18-19,21H,7,12H2,1-2H3,(H,22,23). The molecular weight excluding hydrogens is 302 g/mol. The van der Waals surface area contributed by atoms with Gasteiger partial charge in [-0.2, -0.15) is 0 Å². The topological polar surface area (TPSA) is 58.6 Å². The predicted octanol–water partition coefficient (Wildman–Crippen LogP) is 3.88. The van der Waals surface area contributed by atoms with Crippen LogP contribution in [0.3, 0.4) is 0 Å². The third-order valence-electron chi connectivity index (χ3n) is 4.86. The van der Waals surface area contributed by atoms with Gasteiger partial charge in [0.05, 0.1) is 7.11 Å². The molecule has 1 saturated heterocycles. The van der Waals surface area contributed by atoms with Crippen molar-refractivity contribution in [2.24, 2.45) is 5.92 Å². The van der Waals surface area contributed by atoms with Crippen molar-refractivity contribution in [1.82, 2.24) is 5.32 Å². The van der Waals surface area contributed by atoms with Crippen molar-refractivity contribution in [3.63, 3.8) is 0 Å². The Kier molecular flexibility index (Phi) is 4.86. The van der Waals surface area contributed by atoms with E-state index in [9.17, 15) is 9.90 Å². The van der Waals surface area contributed by atoms with E-state index in [0.717, 1.165) is 28.9 Å². The highest BCUT2D eigenvalue weighted by atomic mass is 16.5. The summed E-state index contributed by atoms with van der Waals surface area (Å²) < 4.78 is 5.23. The van der Waals surface area contributed by atoms with Crippen LogP contribution in [0.5, 0.6) is 5.75 Å². The largest absolute Gasteiger partial charge is 0.497 e. The van der Waals surface area contributed by atoms with Gasteiger partial charge in [-0.3, -0.25) is 10.1 Å². The predicted molar refractivity (Wildman–Crippen MR) is 94.1 cm³/mol. The fraction of sp³-hybridized carbons (Fsp3) is 0.350. The highest BCUT2D eigenvalue weighted by Crippen LogP contribution is 2.37. The number of carboxylic acids is 1. The molecule has 0 saturated carbocycles. The number of aliphatic carboxylic acids is 1. The Morgan fingerprint density at radius 2 is 1.83 bits per heavy atom. The Bertz CT molecular complexity index is 711.